The fraction of sp³-hybridized carbons (Fsp3) is 0.667. The van der Waals surface area contributed by atoms with E-state index in [-0.39, 0.29) is 17.7 Å². The highest BCUT2D eigenvalue weighted by atomic mass is 32.2. The van der Waals surface area contributed by atoms with Crippen LogP contribution in [0.2, 0.25) is 0 Å². The van der Waals surface area contributed by atoms with E-state index in [9.17, 15) is 13.2 Å². The third-order valence-electron chi connectivity index (χ3n) is 6.48. The fourth-order valence-electron chi connectivity index (χ4n) is 4.40. The van der Waals surface area contributed by atoms with Crippen molar-refractivity contribution in [3.05, 3.63) is 35.9 Å². The standard InChI is InChI=1S/C21H33N3O3S/c1-17-7-6-10-20(18(17)2)22-21(25)15-23-11-13-24(14-12-23)28(26,27)16-19-8-4-3-5-9-19/h3-5,8-9,17-18,20H,6-7,10-16H2,1-2H3,(H,22,25)/p+1/t17-,18-,20-/m1/s1. The number of benzene rings is 1. The van der Waals surface area contributed by atoms with Gasteiger partial charge in [-0.25, -0.2) is 8.42 Å². The second-order valence-electron chi connectivity index (χ2n) is 8.51. The van der Waals surface area contributed by atoms with Gasteiger partial charge in [-0.1, -0.05) is 57.0 Å². The average Bonchev–Trinajstić information content (AvgIpc) is 2.66. The van der Waals surface area contributed by atoms with Gasteiger partial charge in [0.1, 0.15) is 0 Å². The molecule has 0 bridgehead atoms. The summed E-state index contributed by atoms with van der Waals surface area (Å²) in [7, 11) is -3.30. The largest absolute Gasteiger partial charge is 0.348 e. The van der Waals surface area contributed by atoms with Crippen LogP contribution < -0.4 is 10.2 Å². The normalized spacial score (nSPS) is 27.4. The van der Waals surface area contributed by atoms with Gasteiger partial charge in [0.2, 0.25) is 10.0 Å². The van der Waals surface area contributed by atoms with Gasteiger partial charge in [0.15, 0.2) is 6.54 Å². The minimum absolute atomic E-state index is 0.0431. The van der Waals surface area contributed by atoms with Crippen molar-refractivity contribution in [3.8, 4) is 0 Å². The summed E-state index contributed by atoms with van der Waals surface area (Å²) in [4.78, 5) is 13.7. The van der Waals surface area contributed by atoms with Gasteiger partial charge >= 0.3 is 0 Å². The molecule has 2 N–H and O–H groups in total. The molecule has 6 nitrogen and oxygen atoms in total. The number of nitrogens with zero attached hydrogens (tertiary/aromatic N) is 1. The molecule has 1 aliphatic heterocycles. The zero-order valence-electron chi connectivity index (χ0n) is 17.1. The lowest BCUT2D eigenvalue weighted by Gasteiger charge is -2.35. The topological polar surface area (TPSA) is 70.9 Å². The molecule has 0 radical (unpaired) electrons. The molecule has 2 fully saturated rings. The molecule has 0 spiro atoms. The minimum Gasteiger partial charge on any atom is -0.348 e. The van der Waals surface area contributed by atoms with Crippen molar-refractivity contribution in [1.29, 1.82) is 0 Å². The van der Waals surface area contributed by atoms with Crippen LogP contribution in [-0.2, 0) is 20.6 Å². The number of carbonyl (C=O) groups excluding carboxylic acids is 1. The Labute approximate surface area is 169 Å². The van der Waals surface area contributed by atoms with Crippen LogP contribution in [0, 0.1) is 11.8 Å². The minimum atomic E-state index is -3.30. The quantitative estimate of drug-likeness (QED) is 0.726. The Morgan fingerprint density at radius 3 is 2.50 bits per heavy atom. The molecular formula is C21H34N3O3S+. The van der Waals surface area contributed by atoms with Gasteiger partial charge in [-0.05, 0) is 23.8 Å². The number of hydrogen-bond acceptors (Lipinski definition) is 3. The molecule has 7 heteroatoms. The van der Waals surface area contributed by atoms with Crippen LogP contribution in [0.4, 0.5) is 0 Å². The van der Waals surface area contributed by atoms with Crippen LogP contribution in [0.25, 0.3) is 0 Å². The van der Waals surface area contributed by atoms with Gasteiger partial charge in [-0.2, -0.15) is 4.31 Å². The number of rotatable bonds is 6. The number of sulfonamides is 1. The van der Waals surface area contributed by atoms with Crippen molar-refractivity contribution in [3.63, 3.8) is 0 Å². The summed E-state index contributed by atoms with van der Waals surface area (Å²) in [6.45, 7) is 7.25. The molecule has 1 heterocycles. The molecule has 0 unspecified atom stereocenters. The van der Waals surface area contributed by atoms with E-state index >= 15 is 0 Å². The second-order valence-corrected chi connectivity index (χ2v) is 10.5. The molecule has 0 aromatic heterocycles. The van der Waals surface area contributed by atoms with Crippen LogP contribution in [0.15, 0.2) is 30.3 Å². The maximum atomic E-state index is 12.7. The number of quaternary nitrogens is 1. The number of hydrogen-bond donors (Lipinski definition) is 2. The molecule has 1 saturated carbocycles. The van der Waals surface area contributed by atoms with E-state index < -0.39 is 10.0 Å². The van der Waals surface area contributed by atoms with Gasteiger partial charge in [0.25, 0.3) is 5.91 Å². The number of carbonyl (C=O) groups is 1. The van der Waals surface area contributed by atoms with E-state index in [1.165, 1.54) is 17.7 Å². The average molecular weight is 409 g/mol. The Morgan fingerprint density at radius 2 is 1.82 bits per heavy atom. The van der Waals surface area contributed by atoms with Crippen molar-refractivity contribution in [2.45, 2.75) is 44.9 Å². The van der Waals surface area contributed by atoms with Gasteiger partial charge < -0.3 is 10.2 Å². The molecule has 1 saturated heterocycles. The van der Waals surface area contributed by atoms with Gasteiger partial charge in [-0.3, -0.25) is 4.79 Å². The first-order chi connectivity index (χ1) is 13.3. The van der Waals surface area contributed by atoms with Crippen molar-refractivity contribution in [2.75, 3.05) is 32.7 Å². The van der Waals surface area contributed by atoms with Gasteiger partial charge in [0.05, 0.1) is 31.9 Å². The summed E-state index contributed by atoms with van der Waals surface area (Å²) < 4.78 is 26.9. The highest BCUT2D eigenvalue weighted by molar-refractivity contribution is 7.88. The smallest absolute Gasteiger partial charge is 0.275 e. The summed E-state index contributed by atoms with van der Waals surface area (Å²) >= 11 is 0. The molecule has 1 aromatic rings. The molecular weight excluding hydrogens is 374 g/mol. The molecule has 2 aliphatic rings. The summed E-state index contributed by atoms with van der Waals surface area (Å²) in [5.41, 5.74) is 0.812. The van der Waals surface area contributed by atoms with E-state index in [1.54, 1.807) is 4.31 Å². The molecule has 28 heavy (non-hydrogen) atoms. The predicted octanol–water partition coefficient (Wildman–Crippen LogP) is 0.658. The summed E-state index contributed by atoms with van der Waals surface area (Å²) in [6.07, 6.45) is 3.50. The van der Waals surface area contributed by atoms with Crippen LogP contribution in [0.3, 0.4) is 0 Å². The maximum absolute atomic E-state index is 12.7. The number of amides is 1. The first-order valence-corrected chi connectivity index (χ1v) is 12.1. The molecule has 1 amide bonds. The van der Waals surface area contributed by atoms with Crippen LogP contribution in [0.5, 0.6) is 0 Å². The molecule has 156 valence electrons. The first kappa shape index (κ1) is 21.3. The maximum Gasteiger partial charge on any atom is 0.275 e. The molecule has 3 atom stereocenters. The Balaban J connectivity index is 1.45. The summed E-state index contributed by atoms with van der Waals surface area (Å²) in [5, 5.41) is 3.23. The van der Waals surface area contributed by atoms with Crippen molar-refractivity contribution >= 4 is 15.9 Å². The molecule has 1 aliphatic carbocycles. The molecule has 1 aromatic carbocycles. The Morgan fingerprint density at radius 1 is 1.14 bits per heavy atom. The third kappa shape index (κ3) is 5.55. The summed E-state index contributed by atoms with van der Waals surface area (Å²) in [6, 6.07) is 9.58. The predicted molar refractivity (Wildman–Crippen MR) is 110 cm³/mol. The monoisotopic (exact) mass is 408 g/mol. The van der Waals surface area contributed by atoms with Crippen molar-refractivity contribution in [2.24, 2.45) is 11.8 Å². The van der Waals surface area contributed by atoms with Crippen molar-refractivity contribution in [1.82, 2.24) is 9.62 Å². The van der Waals surface area contributed by atoms with Gasteiger partial charge in [0, 0.05) is 6.04 Å². The van der Waals surface area contributed by atoms with Crippen LogP contribution in [0.1, 0.15) is 38.7 Å². The van der Waals surface area contributed by atoms with Crippen LogP contribution >= 0.6 is 0 Å². The van der Waals surface area contributed by atoms with E-state index in [4.69, 9.17) is 0 Å². The van der Waals surface area contributed by atoms with Crippen LogP contribution in [-0.4, -0.2) is 57.4 Å². The third-order valence-corrected chi connectivity index (χ3v) is 8.33. The first-order valence-electron chi connectivity index (χ1n) is 10.5. The fourth-order valence-corrected chi connectivity index (χ4v) is 5.94. The molecule has 3 rings (SSSR count). The Kier molecular flexibility index (Phi) is 7.12. The second kappa shape index (κ2) is 9.37. The SMILES string of the molecule is C[C@@H]1[C@H](C)CCC[C@H]1NC(=O)C[NH+]1CCN(S(=O)(=O)Cc2ccccc2)CC1. The number of nitrogens with one attached hydrogen (secondary N) is 2. The lowest BCUT2D eigenvalue weighted by Crippen LogP contribution is -3.15. The van der Waals surface area contributed by atoms with E-state index in [1.807, 2.05) is 30.3 Å². The zero-order valence-corrected chi connectivity index (χ0v) is 17.9. The number of piperazine rings is 1. The Hall–Kier alpha value is -1.44. The highest BCUT2D eigenvalue weighted by Gasteiger charge is 2.32. The zero-order chi connectivity index (χ0) is 20.1. The highest BCUT2D eigenvalue weighted by Crippen LogP contribution is 2.29. The lowest BCUT2D eigenvalue weighted by molar-refractivity contribution is -0.895. The van der Waals surface area contributed by atoms with E-state index in [0.717, 1.165) is 12.0 Å². The van der Waals surface area contributed by atoms with Crippen molar-refractivity contribution < 1.29 is 18.1 Å². The van der Waals surface area contributed by atoms with E-state index in [0.29, 0.717) is 44.6 Å². The lowest BCUT2D eigenvalue weighted by atomic mass is 9.78. The van der Waals surface area contributed by atoms with E-state index in [2.05, 4.69) is 19.2 Å². The van der Waals surface area contributed by atoms with Gasteiger partial charge in [-0.15, -0.1) is 0 Å². The Bertz CT molecular complexity index is 745. The summed E-state index contributed by atoms with van der Waals surface area (Å²) in [5.74, 6) is 1.32.